The molecule has 0 radical (unpaired) electrons. The van der Waals surface area contributed by atoms with Crippen molar-refractivity contribution in [2.45, 2.75) is 0 Å². The summed E-state index contributed by atoms with van der Waals surface area (Å²) in [7, 11) is 0. The second kappa shape index (κ2) is 2.99. The van der Waals surface area contributed by atoms with E-state index in [1.807, 2.05) is 0 Å². The molecule has 1 nitrogen and oxygen atoms in total. The molecule has 0 aliphatic carbocycles. The molecule has 0 amide bonds. The number of nitrogens with two attached hydrogens (primary N) is 1. The van der Waals surface area contributed by atoms with Crippen LogP contribution in [0.4, 0.5) is 0 Å². The van der Waals surface area contributed by atoms with Gasteiger partial charge in [0.15, 0.2) is 0 Å². The van der Waals surface area contributed by atoms with E-state index < -0.39 is 0 Å². The van der Waals surface area contributed by atoms with Crippen LogP contribution in [0, 0.1) is 0 Å². The summed E-state index contributed by atoms with van der Waals surface area (Å²) in [5, 5.41) is 0. The lowest BCUT2D eigenvalue weighted by molar-refractivity contribution is 1.60. The van der Waals surface area contributed by atoms with Crippen LogP contribution in [-0.4, -0.2) is 10.9 Å². The van der Waals surface area contributed by atoms with Crippen LogP contribution >= 0.6 is 23.8 Å². The topological polar surface area (TPSA) is 26.0 Å². The molecule has 0 saturated heterocycles. The van der Waals surface area contributed by atoms with E-state index in [-0.39, 0.29) is 0 Å². The Bertz CT molecular complexity index is 99.9. The highest BCUT2D eigenvalue weighted by molar-refractivity contribution is 7.80. The summed E-state index contributed by atoms with van der Waals surface area (Å²) in [6.45, 7) is 3.47. The van der Waals surface area contributed by atoms with E-state index in [1.54, 1.807) is 0 Å². The van der Waals surface area contributed by atoms with E-state index >= 15 is 0 Å². The molecule has 0 unspecified atom stereocenters. The summed E-state index contributed by atoms with van der Waals surface area (Å²) < 4.78 is 0. The monoisotopic (exact) mass is 135 g/mol. The first-order chi connectivity index (χ1) is 3.18. The lowest BCUT2D eigenvalue weighted by Crippen LogP contribution is -2.10. The Kier molecular flexibility index (Phi) is 2.96. The van der Waals surface area contributed by atoms with Crippen LogP contribution in [0.25, 0.3) is 0 Å². The number of alkyl halides is 1. The van der Waals surface area contributed by atoms with Gasteiger partial charge in [0.05, 0.1) is 0 Å². The molecule has 0 heterocycles. The molecule has 2 N–H and O–H groups in total. The van der Waals surface area contributed by atoms with Crippen LogP contribution in [0.1, 0.15) is 0 Å². The third-order valence-electron chi connectivity index (χ3n) is 0.510. The van der Waals surface area contributed by atoms with Gasteiger partial charge in [-0.1, -0.05) is 18.8 Å². The van der Waals surface area contributed by atoms with Crippen molar-refractivity contribution < 1.29 is 0 Å². The molecule has 7 heavy (non-hydrogen) atoms. The zero-order valence-corrected chi connectivity index (χ0v) is 5.35. The lowest BCUT2D eigenvalue weighted by Gasteiger charge is -1.91. The van der Waals surface area contributed by atoms with Crippen LogP contribution in [0.5, 0.6) is 0 Å². The normalized spacial score (nSPS) is 8.14. The molecule has 0 aromatic heterocycles. The molecular weight excluding hydrogens is 130 g/mol. The van der Waals surface area contributed by atoms with Gasteiger partial charge in [0.1, 0.15) is 4.99 Å². The van der Waals surface area contributed by atoms with Crippen LogP contribution in [-0.2, 0) is 0 Å². The number of hydrogen-bond donors (Lipinski definition) is 1. The van der Waals surface area contributed by atoms with Crippen molar-refractivity contribution in [3.63, 3.8) is 0 Å². The van der Waals surface area contributed by atoms with E-state index in [0.717, 1.165) is 0 Å². The molecule has 40 valence electrons. The fourth-order valence-electron chi connectivity index (χ4n) is 0.0659. The van der Waals surface area contributed by atoms with Crippen molar-refractivity contribution >= 4 is 28.8 Å². The van der Waals surface area contributed by atoms with Gasteiger partial charge in [0.25, 0.3) is 0 Å². The molecule has 0 bridgehead atoms. The van der Waals surface area contributed by atoms with Gasteiger partial charge in [-0.05, 0) is 5.57 Å². The summed E-state index contributed by atoms with van der Waals surface area (Å²) in [6, 6.07) is 0. The van der Waals surface area contributed by atoms with Gasteiger partial charge in [0, 0.05) is 5.88 Å². The minimum Gasteiger partial charge on any atom is -0.390 e. The van der Waals surface area contributed by atoms with Gasteiger partial charge in [-0.15, -0.1) is 11.6 Å². The average Bonchev–Trinajstić information content (AvgIpc) is 1.65. The second-order valence-electron chi connectivity index (χ2n) is 1.10. The van der Waals surface area contributed by atoms with Gasteiger partial charge >= 0.3 is 0 Å². The highest BCUT2D eigenvalue weighted by atomic mass is 35.5. The van der Waals surface area contributed by atoms with Crippen molar-refractivity contribution in [3.05, 3.63) is 12.2 Å². The predicted octanol–water partition coefficient (Wildman–Crippen LogP) is 1.07. The minimum absolute atomic E-state index is 0.301. The van der Waals surface area contributed by atoms with Crippen molar-refractivity contribution in [2.75, 3.05) is 5.88 Å². The Morgan fingerprint density at radius 1 is 1.86 bits per heavy atom. The molecule has 0 rings (SSSR count). The Morgan fingerprint density at radius 3 is 2.29 bits per heavy atom. The summed E-state index contributed by atoms with van der Waals surface area (Å²) in [5.74, 6) is 0.329. The Hall–Kier alpha value is -0.0800. The summed E-state index contributed by atoms with van der Waals surface area (Å²) >= 11 is 9.79. The van der Waals surface area contributed by atoms with Crippen molar-refractivity contribution in [2.24, 2.45) is 5.73 Å². The fourth-order valence-corrected chi connectivity index (χ4v) is 0.361. The molecule has 0 spiro atoms. The average molecular weight is 136 g/mol. The SMILES string of the molecule is C=C(CCl)C(N)=S. The maximum absolute atomic E-state index is 5.28. The highest BCUT2D eigenvalue weighted by Gasteiger charge is 1.90. The summed E-state index contributed by atoms with van der Waals surface area (Å²) in [6.07, 6.45) is 0. The number of rotatable bonds is 2. The fraction of sp³-hybridized carbons (Fsp3) is 0.250. The second-order valence-corrected chi connectivity index (χ2v) is 1.81. The Labute approximate surface area is 53.1 Å². The molecule has 0 aliphatic rings. The standard InChI is InChI=1S/C4H6ClNS/c1-3(2-5)4(6)7/h1-2H2,(H2,6,7). The number of halogens is 1. The van der Waals surface area contributed by atoms with Gasteiger partial charge in [-0.3, -0.25) is 0 Å². The van der Waals surface area contributed by atoms with Crippen LogP contribution < -0.4 is 5.73 Å². The first-order valence-corrected chi connectivity index (χ1v) is 2.66. The first-order valence-electron chi connectivity index (χ1n) is 1.72. The Morgan fingerprint density at radius 2 is 2.29 bits per heavy atom. The smallest absolute Gasteiger partial charge is 0.100 e. The van der Waals surface area contributed by atoms with Gasteiger partial charge in [-0.2, -0.15) is 0 Å². The zero-order valence-electron chi connectivity index (χ0n) is 3.78. The van der Waals surface area contributed by atoms with Gasteiger partial charge < -0.3 is 5.73 Å². The van der Waals surface area contributed by atoms with Crippen molar-refractivity contribution in [3.8, 4) is 0 Å². The largest absolute Gasteiger partial charge is 0.390 e. The predicted molar refractivity (Wildman–Crippen MR) is 36.6 cm³/mol. The minimum atomic E-state index is 0.301. The van der Waals surface area contributed by atoms with Crippen LogP contribution in [0.15, 0.2) is 12.2 Å². The van der Waals surface area contributed by atoms with Crippen molar-refractivity contribution in [1.82, 2.24) is 0 Å². The molecule has 0 aromatic carbocycles. The maximum Gasteiger partial charge on any atom is 0.100 e. The van der Waals surface area contributed by atoms with E-state index in [1.165, 1.54) is 0 Å². The highest BCUT2D eigenvalue weighted by Crippen LogP contribution is 1.91. The molecule has 0 aliphatic heterocycles. The van der Waals surface area contributed by atoms with E-state index in [9.17, 15) is 0 Å². The van der Waals surface area contributed by atoms with Crippen molar-refractivity contribution in [1.29, 1.82) is 0 Å². The summed E-state index contributed by atoms with van der Waals surface area (Å²) in [5.41, 5.74) is 5.72. The molecule has 0 aromatic rings. The van der Waals surface area contributed by atoms with Gasteiger partial charge in [0.2, 0.25) is 0 Å². The molecule has 0 atom stereocenters. The first kappa shape index (κ1) is 6.92. The third kappa shape index (κ3) is 2.60. The number of hydrogen-bond acceptors (Lipinski definition) is 1. The zero-order chi connectivity index (χ0) is 5.86. The Balaban J connectivity index is 3.58. The van der Waals surface area contributed by atoms with E-state index in [0.29, 0.717) is 16.4 Å². The quantitative estimate of drug-likeness (QED) is 0.348. The molecular formula is C4H6ClNS. The van der Waals surface area contributed by atoms with Crippen LogP contribution in [0.3, 0.4) is 0 Å². The molecule has 0 fully saturated rings. The molecule has 0 saturated carbocycles. The van der Waals surface area contributed by atoms with E-state index in [4.69, 9.17) is 17.3 Å². The van der Waals surface area contributed by atoms with Crippen LogP contribution in [0.2, 0.25) is 0 Å². The number of thiocarbonyl (C=S) groups is 1. The van der Waals surface area contributed by atoms with E-state index in [2.05, 4.69) is 18.8 Å². The third-order valence-corrected chi connectivity index (χ3v) is 1.12. The van der Waals surface area contributed by atoms with Gasteiger partial charge in [-0.25, -0.2) is 0 Å². The lowest BCUT2D eigenvalue weighted by atomic mass is 10.4. The summed E-state index contributed by atoms with van der Waals surface area (Å²) in [4.78, 5) is 0.301. The maximum atomic E-state index is 5.28. The molecule has 3 heteroatoms.